The van der Waals surface area contributed by atoms with Crippen LogP contribution in [0.2, 0.25) is 0 Å². The number of rotatable bonds is 5. The average molecular weight is 360 g/mol. The van der Waals surface area contributed by atoms with Crippen molar-refractivity contribution in [2.24, 2.45) is 0 Å². The van der Waals surface area contributed by atoms with Crippen LogP contribution in [0.15, 0.2) is 28.0 Å². The highest BCUT2D eigenvalue weighted by Gasteiger charge is 2.38. The molecule has 3 rings (SSSR count). The first-order valence-corrected chi connectivity index (χ1v) is 9.11. The van der Waals surface area contributed by atoms with Crippen LogP contribution >= 0.6 is 11.8 Å². The van der Waals surface area contributed by atoms with Gasteiger partial charge in [-0.3, -0.25) is 4.79 Å². The minimum Gasteiger partial charge on any atom is -0.461 e. The molecular weight excluding hydrogens is 340 g/mol. The Hall–Kier alpha value is -2.47. The van der Waals surface area contributed by atoms with E-state index in [-0.39, 0.29) is 11.7 Å². The second kappa shape index (κ2) is 7.19. The summed E-state index contributed by atoms with van der Waals surface area (Å²) in [6, 6.07) is 5.83. The molecule has 2 aromatic heterocycles. The summed E-state index contributed by atoms with van der Waals surface area (Å²) < 4.78 is 6.56. The number of furan rings is 1. The first-order valence-electron chi connectivity index (χ1n) is 8.12. The van der Waals surface area contributed by atoms with Crippen LogP contribution in [0.3, 0.4) is 0 Å². The number of amides is 1. The largest absolute Gasteiger partial charge is 0.461 e. The van der Waals surface area contributed by atoms with E-state index in [2.05, 4.69) is 16.3 Å². The van der Waals surface area contributed by atoms with E-state index < -0.39 is 5.54 Å². The van der Waals surface area contributed by atoms with Crippen molar-refractivity contribution in [2.75, 3.05) is 18.6 Å². The van der Waals surface area contributed by atoms with Crippen molar-refractivity contribution in [1.29, 1.82) is 5.26 Å². The van der Waals surface area contributed by atoms with Gasteiger partial charge in [-0.2, -0.15) is 5.26 Å². The molecular formula is C16H20N6O2S. The lowest BCUT2D eigenvalue weighted by atomic mass is 9.81. The topological polar surface area (TPSA) is 114 Å². The fraction of sp³-hybridized carbons (Fsp3) is 0.500. The number of hydrogen-bond acceptors (Lipinski definition) is 7. The molecule has 0 saturated heterocycles. The van der Waals surface area contributed by atoms with Crippen molar-refractivity contribution >= 4 is 17.7 Å². The number of hydrogen-bond donors (Lipinski definition) is 1. The van der Waals surface area contributed by atoms with Crippen LogP contribution in [0.1, 0.15) is 32.1 Å². The third-order valence-electron chi connectivity index (χ3n) is 4.64. The monoisotopic (exact) mass is 360 g/mol. The van der Waals surface area contributed by atoms with Crippen LogP contribution in [0.25, 0.3) is 11.6 Å². The highest BCUT2D eigenvalue weighted by Crippen LogP contribution is 2.33. The van der Waals surface area contributed by atoms with Crippen LogP contribution in [0.5, 0.6) is 0 Å². The summed E-state index contributed by atoms with van der Waals surface area (Å²) in [7, 11) is 1.71. The number of aromatic nitrogens is 3. The van der Waals surface area contributed by atoms with Crippen molar-refractivity contribution < 1.29 is 9.21 Å². The van der Waals surface area contributed by atoms with Crippen LogP contribution in [-0.2, 0) is 4.79 Å². The lowest BCUT2D eigenvalue weighted by molar-refractivity contribution is -0.131. The molecule has 2 heterocycles. The molecule has 2 aromatic rings. The van der Waals surface area contributed by atoms with Gasteiger partial charge in [0.25, 0.3) is 0 Å². The molecule has 0 bridgehead atoms. The SMILES string of the molecule is CN(C(=O)CSc1nnc(-c2ccco2)n1N)C1(C#N)CCCCC1. The van der Waals surface area contributed by atoms with Gasteiger partial charge in [-0.25, -0.2) is 4.68 Å². The molecule has 1 aliphatic rings. The Morgan fingerprint density at radius 1 is 1.48 bits per heavy atom. The van der Waals surface area contributed by atoms with Gasteiger partial charge in [0.05, 0.1) is 18.1 Å². The normalized spacial score (nSPS) is 16.3. The summed E-state index contributed by atoms with van der Waals surface area (Å²) in [5.41, 5.74) is -0.689. The predicted octanol–water partition coefficient (Wildman–Crippen LogP) is 2.03. The van der Waals surface area contributed by atoms with Crippen LogP contribution < -0.4 is 5.84 Å². The fourth-order valence-corrected chi connectivity index (χ4v) is 3.84. The maximum atomic E-state index is 12.6. The lowest BCUT2D eigenvalue weighted by Gasteiger charge is -2.39. The molecule has 0 unspecified atom stereocenters. The first kappa shape index (κ1) is 17.4. The van der Waals surface area contributed by atoms with Gasteiger partial charge in [0.1, 0.15) is 5.54 Å². The molecule has 0 aliphatic heterocycles. The Bertz CT molecular complexity index is 773. The standard InChI is InChI=1S/C16H20N6O2S/c1-21(16(11-17)7-3-2-4-8-16)13(23)10-25-15-20-19-14(22(15)18)12-6-5-9-24-12/h5-6,9H,2-4,7-8,10,18H2,1H3. The third-order valence-corrected chi connectivity index (χ3v) is 5.56. The van der Waals surface area contributed by atoms with E-state index in [0.717, 1.165) is 32.1 Å². The van der Waals surface area contributed by atoms with Crippen molar-refractivity contribution in [3.05, 3.63) is 18.4 Å². The summed E-state index contributed by atoms with van der Waals surface area (Å²) >= 11 is 1.20. The highest BCUT2D eigenvalue weighted by molar-refractivity contribution is 7.99. The van der Waals surface area contributed by atoms with Gasteiger partial charge < -0.3 is 15.2 Å². The first-order chi connectivity index (χ1) is 12.1. The van der Waals surface area contributed by atoms with E-state index >= 15 is 0 Å². The Labute approximate surface area is 150 Å². The zero-order chi connectivity index (χ0) is 17.9. The van der Waals surface area contributed by atoms with Crippen LogP contribution in [-0.4, -0.2) is 44.0 Å². The number of nitrogens with two attached hydrogens (primary N) is 1. The van der Waals surface area contributed by atoms with E-state index in [1.165, 1.54) is 22.7 Å². The van der Waals surface area contributed by atoms with Crippen LogP contribution in [0.4, 0.5) is 0 Å². The van der Waals surface area contributed by atoms with Gasteiger partial charge >= 0.3 is 0 Å². The molecule has 0 radical (unpaired) electrons. The Morgan fingerprint density at radius 2 is 2.24 bits per heavy atom. The minimum absolute atomic E-state index is 0.115. The van der Waals surface area contributed by atoms with E-state index in [0.29, 0.717) is 16.7 Å². The molecule has 0 atom stereocenters. The summed E-state index contributed by atoms with van der Waals surface area (Å²) in [6.45, 7) is 0. The lowest BCUT2D eigenvalue weighted by Crippen LogP contribution is -2.50. The number of nitrogen functional groups attached to an aromatic ring is 1. The van der Waals surface area contributed by atoms with E-state index in [1.54, 1.807) is 24.1 Å². The zero-order valence-corrected chi connectivity index (χ0v) is 14.8. The van der Waals surface area contributed by atoms with Gasteiger partial charge in [0.15, 0.2) is 5.76 Å². The van der Waals surface area contributed by atoms with Crippen molar-refractivity contribution in [3.63, 3.8) is 0 Å². The third kappa shape index (κ3) is 3.35. The van der Waals surface area contributed by atoms with Crippen LogP contribution in [0, 0.1) is 11.3 Å². The predicted molar refractivity (Wildman–Crippen MR) is 92.8 cm³/mol. The molecule has 2 N–H and O–H groups in total. The maximum absolute atomic E-state index is 12.6. The van der Waals surface area contributed by atoms with E-state index in [1.807, 2.05) is 0 Å². The highest BCUT2D eigenvalue weighted by atomic mass is 32.2. The summed E-state index contributed by atoms with van der Waals surface area (Å²) in [5.74, 6) is 6.92. The molecule has 9 heteroatoms. The number of carbonyl (C=O) groups is 1. The van der Waals surface area contributed by atoms with Gasteiger partial charge in [0, 0.05) is 7.05 Å². The Kier molecular flexibility index (Phi) is 4.99. The van der Waals surface area contributed by atoms with E-state index in [4.69, 9.17) is 10.3 Å². The van der Waals surface area contributed by atoms with Gasteiger partial charge in [-0.15, -0.1) is 10.2 Å². The number of nitriles is 1. The van der Waals surface area contributed by atoms with Crippen molar-refractivity contribution in [2.45, 2.75) is 42.8 Å². The summed E-state index contributed by atoms with van der Waals surface area (Å²) in [4.78, 5) is 14.2. The maximum Gasteiger partial charge on any atom is 0.234 e. The van der Waals surface area contributed by atoms with Gasteiger partial charge in [0.2, 0.25) is 16.9 Å². The van der Waals surface area contributed by atoms with E-state index in [9.17, 15) is 10.1 Å². The molecule has 25 heavy (non-hydrogen) atoms. The molecule has 132 valence electrons. The summed E-state index contributed by atoms with van der Waals surface area (Å²) in [6.07, 6.45) is 6.05. The molecule has 1 amide bonds. The second-order valence-electron chi connectivity index (χ2n) is 6.10. The minimum atomic E-state index is -0.689. The smallest absolute Gasteiger partial charge is 0.234 e. The molecule has 1 aliphatic carbocycles. The quantitative estimate of drug-likeness (QED) is 0.641. The van der Waals surface area contributed by atoms with Gasteiger partial charge in [-0.05, 0) is 25.0 Å². The number of nitrogens with zero attached hydrogens (tertiary/aromatic N) is 5. The molecule has 8 nitrogen and oxygen atoms in total. The zero-order valence-electron chi connectivity index (χ0n) is 14.0. The van der Waals surface area contributed by atoms with Crippen molar-refractivity contribution in [1.82, 2.24) is 19.8 Å². The average Bonchev–Trinajstić information content (AvgIpc) is 3.29. The molecule has 0 aromatic carbocycles. The number of carbonyl (C=O) groups excluding carboxylic acids is 1. The Balaban J connectivity index is 1.65. The number of thioether (sulfide) groups is 1. The van der Waals surface area contributed by atoms with Gasteiger partial charge in [-0.1, -0.05) is 31.0 Å². The summed E-state index contributed by atoms with van der Waals surface area (Å²) in [5, 5.41) is 18.0. The molecule has 0 spiro atoms. The van der Waals surface area contributed by atoms with Crippen molar-refractivity contribution in [3.8, 4) is 17.7 Å². The molecule has 1 fully saturated rings. The fourth-order valence-electron chi connectivity index (χ4n) is 3.07. The Morgan fingerprint density at radius 3 is 2.88 bits per heavy atom. The second-order valence-corrected chi connectivity index (χ2v) is 7.04. The molecule has 1 saturated carbocycles.